The van der Waals surface area contributed by atoms with Gasteiger partial charge in [0.15, 0.2) is 0 Å². The molecule has 2 saturated heterocycles. The summed E-state index contributed by atoms with van der Waals surface area (Å²) in [6.45, 7) is 2.24. The van der Waals surface area contributed by atoms with E-state index in [9.17, 15) is 13.6 Å². The summed E-state index contributed by atoms with van der Waals surface area (Å²) in [6.07, 6.45) is 1.12. The van der Waals surface area contributed by atoms with Gasteiger partial charge in [-0.1, -0.05) is 6.92 Å². The van der Waals surface area contributed by atoms with Crippen LogP contribution < -0.4 is 0 Å². The SMILES string of the molecule is CCC1(C(F)F)CN2CC[C@@H](c3cncc(C#N)c3)N2C1=O. The number of alkyl halides is 2. The van der Waals surface area contributed by atoms with Crippen molar-refractivity contribution in [3.63, 3.8) is 0 Å². The number of hydrogen-bond acceptors (Lipinski definition) is 4. The van der Waals surface area contributed by atoms with Crippen LogP contribution in [0.2, 0.25) is 0 Å². The molecule has 0 aliphatic carbocycles. The molecule has 3 heterocycles. The lowest BCUT2D eigenvalue weighted by Crippen LogP contribution is -2.41. The topological polar surface area (TPSA) is 60.2 Å². The molecular formula is C15H16F2N4O. The number of nitrogens with zero attached hydrogens (tertiary/aromatic N) is 4. The molecule has 0 spiro atoms. The van der Waals surface area contributed by atoms with E-state index in [1.165, 1.54) is 11.2 Å². The Bertz CT molecular complexity index is 645. The van der Waals surface area contributed by atoms with E-state index in [1.54, 1.807) is 24.2 Å². The van der Waals surface area contributed by atoms with Crippen LogP contribution in [0.5, 0.6) is 0 Å². The molecule has 0 aromatic carbocycles. The molecule has 116 valence electrons. The van der Waals surface area contributed by atoms with E-state index < -0.39 is 17.7 Å². The second-order valence-electron chi connectivity index (χ2n) is 5.77. The summed E-state index contributed by atoms with van der Waals surface area (Å²) >= 11 is 0. The molecule has 1 unspecified atom stereocenters. The summed E-state index contributed by atoms with van der Waals surface area (Å²) in [6, 6.07) is 3.36. The minimum absolute atomic E-state index is 0.0574. The third kappa shape index (κ3) is 1.98. The van der Waals surface area contributed by atoms with Crippen molar-refractivity contribution in [2.45, 2.75) is 32.2 Å². The van der Waals surface area contributed by atoms with Crippen molar-refractivity contribution < 1.29 is 13.6 Å². The minimum atomic E-state index is -2.68. The number of hydrogen-bond donors (Lipinski definition) is 0. The van der Waals surface area contributed by atoms with Gasteiger partial charge in [0.2, 0.25) is 0 Å². The second kappa shape index (κ2) is 5.29. The monoisotopic (exact) mass is 306 g/mol. The maximum absolute atomic E-state index is 13.5. The number of pyridine rings is 1. The van der Waals surface area contributed by atoms with Crippen molar-refractivity contribution in [2.75, 3.05) is 13.1 Å². The van der Waals surface area contributed by atoms with Crippen LogP contribution in [0.1, 0.15) is 36.9 Å². The van der Waals surface area contributed by atoms with E-state index in [1.807, 2.05) is 6.07 Å². The highest BCUT2D eigenvalue weighted by Crippen LogP contribution is 2.46. The molecule has 0 bridgehead atoms. The van der Waals surface area contributed by atoms with Gasteiger partial charge in [0, 0.05) is 25.5 Å². The fraction of sp³-hybridized carbons (Fsp3) is 0.533. The number of fused-ring (bicyclic) bond motifs is 1. The van der Waals surface area contributed by atoms with Gasteiger partial charge in [-0.3, -0.25) is 14.8 Å². The Morgan fingerprint density at radius 2 is 2.32 bits per heavy atom. The average Bonchev–Trinajstić information content (AvgIpc) is 3.06. The first-order chi connectivity index (χ1) is 10.5. The standard InChI is InChI=1S/C15H16F2N4O/c1-2-15(13(16)17)9-20-4-3-12(21(20)14(15)22)11-5-10(6-18)7-19-8-11/h5,7-8,12-13H,2-4,9H2,1H3/t12-,15?/m0/s1. The molecular weight excluding hydrogens is 290 g/mol. The normalized spacial score (nSPS) is 28.2. The first-order valence-electron chi connectivity index (χ1n) is 7.25. The number of halogens is 2. The molecule has 2 aliphatic rings. The van der Waals surface area contributed by atoms with Gasteiger partial charge in [-0.15, -0.1) is 0 Å². The first-order valence-corrected chi connectivity index (χ1v) is 7.25. The van der Waals surface area contributed by atoms with Gasteiger partial charge >= 0.3 is 0 Å². The molecule has 3 rings (SSSR count). The molecule has 1 amide bonds. The van der Waals surface area contributed by atoms with Crippen molar-refractivity contribution in [1.82, 2.24) is 15.0 Å². The molecule has 0 saturated carbocycles. The van der Waals surface area contributed by atoms with Crippen LogP contribution in [0.4, 0.5) is 8.78 Å². The highest BCUT2D eigenvalue weighted by atomic mass is 19.3. The predicted octanol–water partition coefficient (Wildman–Crippen LogP) is 2.12. The molecule has 2 fully saturated rings. The summed E-state index contributed by atoms with van der Waals surface area (Å²) < 4.78 is 26.9. The molecule has 2 aliphatic heterocycles. The maximum Gasteiger partial charge on any atom is 0.254 e. The van der Waals surface area contributed by atoms with Crippen molar-refractivity contribution in [2.24, 2.45) is 5.41 Å². The van der Waals surface area contributed by atoms with E-state index in [0.717, 1.165) is 5.56 Å². The summed E-state index contributed by atoms with van der Waals surface area (Å²) in [5.41, 5.74) is -0.492. The average molecular weight is 306 g/mol. The Hall–Kier alpha value is -2.07. The molecule has 2 atom stereocenters. The van der Waals surface area contributed by atoms with E-state index in [2.05, 4.69) is 4.98 Å². The number of nitriles is 1. The van der Waals surface area contributed by atoms with Crippen molar-refractivity contribution in [3.05, 3.63) is 29.6 Å². The lowest BCUT2D eigenvalue weighted by atomic mass is 9.84. The minimum Gasteiger partial charge on any atom is -0.272 e. The van der Waals surface area contributed by atoms with Crippen molar-refractivity contribution >= 4 is 5.91 Å². The van der Waals surface area contributed by atoms with Gasteiger partial charge in [0.05, 0.1) is 11.6 Å². The van der Waals surface area contributed by atoms with E-state index >= 15 is 0 Å². The Morgan fingerprint density at radius 3 is 2.95 bits per heavy atom. The van der Waals surface area contributed by atoms with Crippen LogP contribution in [0.25, 0.3) is 0 Å². The number of rotatable bonds is 3. The molecule has 1 aromatic heterocycles. The van der Waals surface area contributed by atoms with E-state index in [-0.39, 0.29) is 19.0 Å². The molecule has 22 heavy (non-hydrogen) atoms. The van der Waals surface area contributed by atoms with E-state index in [0.29, 0.717) is 18.5 Å². The van der Waals surface area contributed by atoms with Crippen LogP contribution in [-0.4, -0.2) is 40.4 Å². The fourth-order valence-electron chi connectivity index (χ4n) is 3.33. The summed E-state index contributed by atoms with van der Waals surface area (Å²) in [4.78, 5) is 16.6. The van der Waals surface area contributed by atoms with Gasteiger partial charge in [-0.25, -0.2) is 13.8 Å². The van der Waals surface area contributed by atoms with Gasteiger partial charge in [-0.05, 0) is 24.5 Å². The van der Waals surface area contributed by atoms with Gasteiger partial charge in [0.1, 0.15) is 11.5 Å². The van der Waals surface area contributed by atoms with Crippen LogP contribution in [-0.2, 0) is 4.79 Å². The first kappa shape index (κ1) is 14.9. The molecule has 0 N–H and O–H groups in total. The van der Waals surface area contributed by atoms with Gasteiger partial charge in [-0.2, -0.15) is 5.26 Å². The quantitative estimate of drug-likeness (QED) is 0.858. The zero-order valence-electron chi connectivity index (χ0n) is 12.2. The van der Waals surface area contributed by atoms with Crippen LogP contribution >= 0.6 is 0 Å². The molecule has 7 heteroatoms. The second-order valence-corrected chi connectivity index (χ2v) is 5.77. The zero-order chi connectivity index (χ0) is 15.9. The smallest absolute Gasteiger partial charge is 0.254 e. The number of carbonyl (C=O) groups is 1. The van der Waals surface area contributed by atoms with Crippen LogP contribution in [0, 0.1) is 16.7 Å². The number of hydrazine groups is 1. The Balaban J connectivity index is 1.95. The lowest BCUT2D eigenvalue weighted by Gasteiger charge is -2.27. The maximum atomic E-state index is 13.5. The predicted molar refractivity (Wildman–Crippen MR) is 73.5 cm³/mol. The Labute approximate surface area is 127 Å². The van der Waals surface area contributed by atoms with Gasteiger partial charge < -0.3 is 0 Å². The fourth-order valence-corrected chi connectivity index (χ4v) is 3.33. The Morgan fingerprint density at radius 1 is 1.55 bits per heavy atom. The summed E-state index contributed by atoms with van der Waals surface area (Å²) in [7, 11) is 0. The largest absolute Gasteiger partial charge is 0.272 e. The summed E-state index contributed by atoms with van der Waals surface area (Å²) in [5, 5.41) is 12.1. The number of aromatic nitrogens is 1. The summed E-state index contributed by atoms with van der Waals surface area (Å²) in [5.74, 6) is -0.519. The number of amides is 1. The number of carbonyl (C=O) groups excluding carboxylic acids is 1. The molecule has 0 radical (unpaired) electrons. The highest BCUT2D eigenvalue weighted by molar-refractivity contribution is 5.85. The molecule has 1 aromatic rings. The third-order valence-electron chi connectivity index (χ3n) is 4.68. The molecule has 5 nitrogen and oxygen atoms in total. The zero-order valence-corrected chi connectivity index (χ0v) is 12.2. The van der Waals surface area contributed by atoms with Crippen molar-refractivity contribution in [1.29, 1.82) is 5.26 Å². The van der Waals surface area contributed by atoms with Crippen molar-refractivity contribution in [3.8, 4) is 6.07 Å². The van der Waals surface area contributed by atoms with E-state index in [4.69, 9.17) is 5.26 Å². The lowest BCUT2D eigenvalue weighted by molar-refractivity contribution is -0.148. The van der Waals surface area contributed by atoms with Gasteiger partial charge in [0.25, 0.3) is 12.3 Å². The van der Waals surface area contributed by atoms with Crippen LogP contribution in [0.3, 0.4) is 0 Å². The Kier molecular flexibility index (Phi) is 3.57. The highest BCUT2D eigenvalue weighted by Gasteiger charge is 2.59. The van der Waals surface area contributed by atoms with Crippen LogP contribution in [0.15, 0.2) is 18.5 Å². The third-order valence-corrected chi connectivity index (χ3v) is 4.68.